The quantitative estimate of drug-likeness (QED) is 0.211. The van der Waals surface area contributed by atoms with E-state index >= 15 is 0 Å². The Morgan fingerprint density at radius 1 is 1.90 bits per heavy atom. The van der Waals surface area contributed by atoms with Crippen molar-refractivity contribution < 1.29 is 19.5 Å². The van der Waals surface area contributed by atoms with Crippen molar-refractivity contribution in [3.8, 4) is 0 Å². The van der Waals surface area contributed by atoms with Gasteiger partial charge in [0.15, 0.2) is 0 Å². The SMILES string of the molecule is CCOC(=O)NO.N=C=O. The van der Waals surface area contributed by atoms with Gasteiger partial charge in [-0.05, 0) is 6.92 Å². The first-order valence-corrected chi connectivity index (χ1v) is 2.33. The number of carbonyl (C=O) groups is 1. The van der Waals surface area contributed by atoms with Gasteiger partial charge in [-0.15, -0.1) is 0 Å². The Labute approximate surface area is 57.3 Å². The van der Waals surface area contributed by atoms with E-state index in [-0.39, 0.29) is 6.61 Å². The number of isocyanates is 1. The summed E-state index contributed by atoms with van der Waals surface area (Å²) in [4.78, 5) is 18.2. The average molecular weight is 148 g/mol. The van der Waals surface area contributed by atoms with Crippen LogP contribution in [0.5, 0.6) is 0 Å². The minimum absolute atomic E-state index is 0.270. The molecule has 0 aliphatic heterocycles. The third kappa shape index (κ3) is 16.0. The van der Waals surface area contributed by atoms with Gasteiger partial charge in [0.1, 0.15) is 0 Å². The standard InChI is InChI=1S/C3H7NO3.CHNO/c1-2-7-3(5)4-6;2-1-3/h6H,2H2,1H3,(H,4,5);2H. The molecular weight excluding hydrogens is 140 g/mol. The molecule has 0 heterocycles. The fourth-order valence-electron chi connectivity index (χ4n) is 0.163. The van der Waals surface area contributed by atoms with Crippen molar-refractivity contribution in [1.29, 1.82) is 5.41 Å². The maximum absolute atomic E-state index is 9.83. The van der Waals surface area contributed by atoms with E-state index < -0.39 is 6.09 Å². The molecule has 0 spiro atoms. The summed E-state index contributed by atoms with van der Waals surface area (Å²) in [6.07, 6.45) is -0.0671. The van der Waals surface area contributed by atoms with Gasteiger partial charge in [0.2, 0.25) is 6.08 Å². The van der Waals surface area contributed by atoms with Crippen LogP contribution in [-0.2, 0) is 9.53 Å². The van der Waals surface area contributed by atoms with Crippen LogP contribution in [0.3, 0.4) is 0 Å². The Morgan fingerprint density at radius 2 is 2.30 bits per heavy atom. The maximum Gasteiger partial charge on any atom is 0.431 e. The van der Waals surface area contributed by atoms with Gasteiger partial charge in [-0.3, -0.25) is 5.21 Å². The molecule has 0 aromatic heterocycles. The summed E-state index contributed by atoms with van der Waals surface area (Å²) in [5, 5.41) is 13.1. The largest absolute Gasteiger partial charge is 0.448 e. The molecule has 0 radical (unpaired) electrons. The topological polar surface area (TPSA) is 99.5 Å². The monoisotopic (exact) mass is 148 g/mol. The van der Waals surface area contributed by atoms with Crippen LogP contribution >= 0.6 is 0 Å². The molecule has 0 bridgehead atoms. The van der Waals surface area contributed by atoms with Crippen molar-refractivity contribution >= 4 is 12.2 Å². The molecule has 1 amide bonds. The van der Waals surface area contributed by atoms with E-state index in [4.69, 9.17) is 15.4 Å². The summed E-state index contributed by atoms with van der Waals surface area (Å²) in [5.41, 5.74) is 1.30. The number of hydroxylamine groups is 1. The molecule has 0 aliphatic rings. The smallest absolute Gasteiger partial charge is 0.431 e. The molecule has 0 fully saturated rings. The van der Waals surface area contributed by atoms with Gasteiger partial charge in [0.25, 0.3) is 0 Å². The van der Waals surface area contributed by atoms with Crippen LogP contribution < -0.4 is 5.48 Å². The van der Waals surface area contributed by atoms with E-state index in [2.05, 4.69) is 4.74 Å². The lowest BCUT2D eigenvalue weighted by Gasteiger charge is -1.94. The van der Waals surface area contributed by atoms with Crippen LogP contribution in [0.25, 0.3) is 0 Å². The third-order valence-electron chi connectivity index (χ3n) is 0.367. The molecule has 0 atom stereocenters. The first-order valence-electron chi connectivity index (χ1n) is 2.33. The first-order chi connectivity index (χ1) is 4.72. The van der Waals surface area contributed by atoms with Crippen molar-refractivity contribution in [2.75, 3.05) is 6.61 Å². The maximum atomic E-state index is 9.83. The van der Waals surface area contributed by atoms with Gasteiger partial charge in [-0.1, -0.05) is 0 Å². The second kappa shape index (κ2) is 10.6. The summed E-state index contributed by atoms with van der Waals surface area (Å²) >= 11 is 0. The molecule has 0 unspecified atom stereocenters. The Kier molecular flexibility index (Phi) is 12.1. The van der Waals surface area contributed by atoms with Crippen LogP contribution in [0.4, 0.5) is 4.79 Å². The minimum Gasteiger partial charge on any atom is -0.448 e. The van der Waals surface area contributed by atoms with Crippen molar-refractivity contribution in [3.05, 3.63) is 0 Å². The molecule has 6 heteroatoms. The summed E-state index contributed by atoms with van der Waals surface area (Å²) in [5.74, 6) is 0. The molecule has 6 nitrogen and oxygen atoms in total. The Morgan fingerprint density at radius 3 is 2.40 bits per heavy atom. The predicted octanol–water partition coefficient (Wildman–Crippen LogP) is 0.0227. The Bertz CT molecular complexity index is 118. The number of ether oxygens (including phenoxy) is 1. The summed E-state index contributed by atoms with van der Waals surface area (Å²) in [6, 6.07) is 0. The van der Waals surface area contributed by atoms with Crippen LogP contribution in [0, 0.1) is 5.41 Å². The van der Waals surface area contributed by atoms with Crippen molar-refractivity contribution in [2.24, 2.45) is 0 Å². The second-order valence-corrected chi connectivity index (χ2v) is 0.934. The van der Waals surface area contributed by atoms with Gasteiger partial charge in [-0.2, -0.15) is 0 Å². The number of amides is 1. The van der Waals surface area contributed by atoms with Gasteiger partial charge >= 0.3 is 6.09 Å². The zero-order valence-corrected chi connectivity index (χ0v) is 5.38. The van der Waals surface area contributed by atoms with Gasteiger partial charge < -0.3 is 4.74 Å². The van der Waals surface area contributed by atoms with Crippen LogP contribution in [-0.4, -0.2) is 24.0 Å². The summed E-state index contributed by atoms with van der Waals surface area (Å²) in [7, 11) is 0. The molecule has 10 heavy (non-hydrogen) atoms. The van der Waals surface area contributed by atoms with E-state index in [1.807, 2.05) is 0 Å². The van der Waals surface area contributed by atoms with Gasteiger partial charge in [-0.25, -0.2) is 20.5 Å². The number of rotatable bonds is 1. The Hall–Kier alpha value is -1.39. The normalized spacial score (nSPS) is 6.20. The molecule has 0 aromatic rings. The zero-order valence-electron chi connectivity index (χ0n) is 5.38. The second-order valence-electron chi connectivity index (χ2n) is 0.934. The highest BCUT2D eigenvalue weighted by Gasteiger charge is 1.91. The fraction of sp³-hybridized carbons (Fsp3) is 0.500. The molecule has 3 N–H and O–H groups in total. The zero-order chi connectivity index (χ0) is 8.41. The number of hydrogen-bond acceptors (Lipinski definition) is 5. The van der Waals surface area contributed by atoms with Crippen molar-refractivity contribution in [2.45, 2.75) is 6.92 Å². The minimum atomic E-state index is -0.817. The van der Waals surface area contributed by atoms with Gasteiger partial charge in [0, 0.05) is 0 Å². The van der Waals surface area contributed by atoms with E-state index in [0.29, 0.717) is 0 Å². The highest BCUT2D eigenvalue weighted by Crippen LogP contribution is 1.70. The predicted molar refractivity (Wildman–Crippen MR) is 30.4 cm³/mol. The van der Waals surface area contributed by atoms with E-state index in [9.17, 15) is 4.79 Å². The van der Waals surface area contributed by atoms with Crippen molar-refractivity contribution in [1.82, 2.24) is 5.48 Å². The summed E-state index contributed by atoms with van der Waals surface area (Å²) < 4.78 is 4.19. The molecular formula is C4H8N2O4. The third-order valence-corrected chi connectivity index (χ3v) is 0.367. The lowest BCUT2D eigenvalue weighted by Crippen LogP contribution is -2.19. The molecule has 0 saturated carbocycles. The van der Waals surface area contributed by atoms with Crippen LogP contribution in [0.1, 0.15) is 6.92 Å². The number of carbonyl (C=O) groups excluding carboxylic acids is 2. The lowest BCUT2D eigenvalue weighted by molar-refractivity contribution is 0.0929. The molecule has 58 valence electrons. The molecule has 0 aliphatic carbocycles. The summed E-state index contributed by atoms with van der Waals surface area (Å²) in [6.45, 7) is 1.92. The van der Waals surface area contributed by atoms with Gasteiger partial charge in [0.05, 0.1) is 6.61 Å². The van der Waals surface area contributed by atoms with Crippen molar-refractivity contribution in [3.63, 3.8) is 0 Å². The van der Waals surface area contributed by atoms with Crippen LogP contribution in [0.2, 0.25) is 0 Å². The van der Waals surface area contributed by atoms with Crippen LogP contribution in [0.15, 0.2) is 0 Å². The molecule has 0 saturated heterocycles. The van der Waals surface area contributed by atoms with E-state index in [1.54, 1.807) is 6.92 Å². The highest BCUT2D eigenvalue weighted by molar-refractivity contribution is 5.65. The average Bonchev–Trinajstić information content (AvgIpc) is 1.90. The molecule has 0 rings (SSSR count). The highest BCUT2D eigenvalue weighted by atomic mass is 16.6. The number of hydrogen-bond donors (Lipinski definition) is 3. The molecule has 0 aromatic carbocycles. The van der Waals surface area contributed by atoms with E-state index in [0.717, 1.165) is 6.08 Å². The van der Waals surface area contributed by atoms with E-state index in [1.165, 1.54) is 5.48 Å². The first kappa shape index (κ1) is 11.4. The Balaban J connectivity index is 0. The lowest BCUT2D eigenvalue weighted by atomic mass is 10.9. The number of nitrogens with one attached hydrogen (secondary N) is 2. The fourth-order valence-corrected chi connectivity index (χ4v) is 0.163.